The van der Waals surface area contributed by atoms with Gasteiger partial charge in [-0.1, -0.05) is 30.3 Å². The van der Waals surface area contributed by atoms with E-state index in [0.717, 1.165) is 22.4 Å². The molecule has 1 aromatic heterocycles. The Bertz CT molecular complexity index is 809. The summed E-state index contributed by atoms with van der Waals surface area (Å²) < 4.78 is 12.6. The fourth-order valence-corrected chi connectivity index (χ4v) is 2.49. The van der Waals surface area contributed by atoms with Gasteiger partial charge in [0.1, 0.15) is 12.4 Å². The van der Waals surface area contributed by atoms with E-state index in [1.807, 2.05) is 50.2 Å². The summed E-state index contributed by atoms with van der Waals surface area (Å²) in [4.78, 5) is 11.9. The molecule has 4 nitrogen and oxygen atoms in total. The quantitative estimate of drug-likeness (QED) is 0.738. The van der Waals surface area contributed by atoms with Gasteiger partial charge in [0.2, 0.25) is 0 Å². The summed E-state index contributed by atoms with van der Waals surface area (Å²) in [7, 11) is 0. The van der Waals surface area contributed by atoms with E-state index < -0.39 is 0 Å². The van der Waals surface area contributed by atoms with Crippen LogP contribution in [0, 0.1) is 13.8 Å². The molecule has 0 atom stereocenters. The third-order valence-electron chi connectivity index (χ3n) is 3.54. The van der Waals surface area contributed by atoms with Gasteiger partial charge in [-0.3, -0.25) is 4.57 Å². The number of aryl methyl sites for hydroxylation is 2. The number of oxazole rings is 1. The van der Waals surface area contributed by atoms with Gasteiger partial charge in [-0.05, 0) is 37.1 Å². The Morgan fingerprint density at radius 2 is 1.76 bits per heavy atom. The van der Waals surface area contributed by atoms with Crippen LogP contribution in [0.1, 0.15) is 11.1 Å². The first-order chi connectivity index (χ1) is 10.2. The van der Waals surface area contributed by atoms with Gasteiger partial charge in [0, 0.05) is 0 Å². The first-order valence-corrected chi connectivity index (χ1v) is 6.94. The molecule has 0 spiro atoms. The number of fused-ring (bicyclic) bond motifs is 1. The van der Waals surface area contributed by atoms with Crippen LogP contribution in [0.25, 0.3) is 11.1 Å². The Morgan fingerprint density at radius 1 is 1.05 bits per heavy atom. The topological polar surface area (TPSA) is 44.4 Å². The number of hydrogen-bond acceptors (Lipinski definition) is 3. The molecule has 0 saturated carbocycles. The number of hydrogen-bond donors (Lipinski definition) is 0. The second-order valence-corrected chi connectivity index (χ2v) is 5.06. The van der Waals surface area contributed by atoms with Gasteiger partial charge in [-0.2, -0.15) is 0 Å². The third kappa shape index (κ3) is 2.57. The Morgan fingerprint density at radius 3 is 2.52 bits per heavy atom. The van der Waals surface area contributed by atoms with E-state index in [9.17, 15) is 4.79 Å². The summed E-state index contributed by atoms with van der Waals surface area (Å²) in [6.07, 6.45) is 0. The molecule has 0 saturated heterocycles. The maximum absolute atomic E-state index is 11.9. The monoisotopic (exact) mass is 283 g/mol. The van der Waals surface area contributed by atoms with Crippen molar-refractivity contribution in [3.63, 3.8) is 0 Å². The van der Waals surface area contributed by atoms with E-state index >= 15 is 0 Å². The Labute approximate surface area is 122 Å². The van der Waals surface area contributed by atoms with Crippen molar-refractivity contribution in [2.45, 2.75) is 20.4 Å². The fourth-order valence-electron chi connectivity index (χ4n) is 2.49. The third-order valence-corrected chi connectivity index (χ3v) is 3.54. The molecule has 0 amide bonds. The highest BCUT2D eigenvalue weighted by Gasteiger charge is 2.09. The zero-order chi connectivity index (χ0) is 14.8. The molecule has 2 aromatic carbocycles. The number of nitrogens with zero attached hydrogens (tertiary/aromatic N) is 1. The number of aromatic nitrogens is 1. The second kappa shape index (κ2) is 5.48. The molecule has 3 aromatic rings. The minimum Gasteiger partial charge on any atom is -0.491 e. The number of ether oxygens (including phenoxy) is 1. The lowest BCUT2D eigenvalue weighted by molar-refractivity contribution is 0.290. The molecule has 0 aliphatic rings. The summed E-state index contributed by atoms with van der Waals surface area (Å²) in [5, 5.41) is 0. The maximum Gasteiger partial charge on any atom is 0.420 e. The van der Waals surface area contributed by atoms with Gasteiger partial charge in [0.15, 0.2) is 5.58 Å². The van der Waals surface area contributed by atoms with Crippen molar-refractivity contribution in [3.8, 4) is 5.75 Å². The molecule has 3 rings (SSSR count). The number of benzene rings is 2. The fraction of sp³-hybridized carbons (Fsp3) is 0.235. The van der Waals surface area contributed by atoms with Crippen LogP contribution in [0.2, 0.25) is 0 Å². The first-order valence-electron chi connectivity index (χ1n) is 6.94. The van der Waals surface area contributed by atoms with Gasteiger partial charge in [0.25, 0.3) is 0 Å². The van der Waals surface area contributed by atoms with Crippen molar-refractivity contribution < 1.29 is 9.15 Å². The molecule has 0 N–H and O–H groups in total. The number of para-hydroxylation sites is 3. The van der Waals surface area contributed by atoms with Crippen LogP contribution < -0.4 is 10.5 Å². The molecule has 1 heterocycles. The highest BCUT2D eigenvalue weighted by atomic mass is 16.5. The lowest BCUT2D eigenvalue weighted by Crippen LogP contribution is -2.18. The standard InChI is InChI=1S/C17H17NO3/c1-12-6-5-7-13(2)16(12)20-11-10-18-14-8-3-4-9-15(14)21-17(18)19/h3-9H,10-11H2,1-2H3. The van der Waals surface area contributed by atoms with Gasteiger partial charge < -0.3 is 9.15 Å². The average Bonchev–Trinajstić information content (AvgIpc) is 2.78. The van der Waals surface area contributed by atoms with Gasteiger partial charge in [-0.15, -0.1) is 0 Å². The molecule has 0 radical (unpaired) electrons. The van der Waals surface area contributed by atoms with Crippen LogP contribution in [0.3, 0.4) is 0 Å². The maximum atomic E-state index is 11.9. The molecule has 108 valence electrons. The molecular weight excluding hydrogens is 266 g/mol. The summed E-state index contributed by atoms with van der Waals surface area (Å²) in [5.74, 6) is 0.541. The van der Waals surface area contributed by atoms with Crippen molar-refractivity contribution in [3.05, 3.63) is 64.1 Å². The predicted octanol–water partition coefficient (Wildman–Crippen LogP) is 3.29. The van der Waals surface area contributed by atoms with E-state index in [2.05, 4.69) is 0 Å². The van der Waals surface area contributed by atoms with Crippen LogP contribution in [-0.2, 0) is 6.54 Å². The molecule has 0 unspecified atom stereocenters. The predicted molar refractivity (Wildman–Crippen MR) is 81.9 cm³/mol. The van der Waals surface area contributed by atoms with Crippen molar-refractivity contribution in [2.24, 2.45) is 0 Å². The highest BCUT2D eigenvalue weighted by Crippen LogP contribution is 2.22. The molecule has 0 aliphatic heterocycles. The van der Waals surface area contributed by atoms with E-state index in [1.54, 1.807) is 10.6 Å². The largest absolute Gasteiger partial charge is 0.491 e. The second-order valence-electron chi connectivity index (χ2n) is 5.06. The highest BCUT2D eigenvalue weighted by molar-refractivity contribution is 5.72. The minimum absolute atomic E-state index is 0.346. The van der Waals surface area contributed by atoms with Gasteiger partial charge >= 0.3 is 5.76 Å². The van der Waals surface area contributed by atoms with E-state index in [0.29, 0.717) is 18.7 Å². The molecule has 0 aliphatic carbocycles. The Balaban J connectivity index is 1.78. The van der Waals surface area contributed by atoms with Gasteiger partial charge in [0.05, 0.1) is 12.1 Å². The molecule has 0 bridgehead atoms. The molecule has 0 fully saturated rings. The summed E-state index contributed by atoms with van der Waals surface area (Å²) in [6.45, 7) is 4.92. The SMILES string of the molecule is Cc1cccc(C)c1OCCn1c(=O)oc2ccccc21. The van der Waals surface area contributed by atoms with Crippen LogP contribution in [-0.4, -0.2) is 11.2 Å². The smallest absolute Gasteiger partial charge is 0.420 e. The zero-order valence-corrected chi connectivity index (χ0v) is 12.1. The van der Waals surface area contributed by atoms with E-state index in [-0.39, 0.29) is 5.76 Å². The van der Waals surface area contributed by atoms with Crippen molar-refractivity contribution in [1.82, 2.24) is 4.57 Å². The minimum atomic E-state index is -0.346. The summed E-state index contributed by atoms with van der Waals surface area (Å²) >= 11 is 0. The normalized spacial score (nSPS) is 11.0. The molecular formula is C17H17NO3. The molecule has 21 heavy (non-hydrogen) atoms. The Kier molecular flexibility index (Phi) is 3.52. The number of rotatable bonds is 4. The zero-order valence-electron chi connectivity index (χ0n) is 12.1. The average molecular weight is 283 g/mol. The lowest BCUT2D eigenvalue weighted by atomic mass is 10.1. The van der Waals surface area contributed by atoms with E-state index in [1.165, 1.54) is 0 Å². The van der Waals surface area contributed by atoms with Gasteiger partial charge in [-0.25, -0.2) is 4.79 Å². The van der Waals surface area contributed by atoms with Crippen molar-refractivity contribution in [1.29, 1.82) is 0 Å². The Hall–Kier alpha value is -2.49. The summed E-state index contributed by atoms with van der Waals surface area (Å²) in [6, 6.07) is 13.4. The summed E-state index contributed by atoms with van der Waals surface area (Å²) in [5.41, 5.74) is 3.60. The lowest BCUT2D eigenvalue weighted by Gasteiger charge is -2.11. The van der Waals surface area contributed by atoms with Crippen molar-refractivity contribution in [2.75, 3.05) is 6.61 Å². The van der Waals surface area contributed by atoms with Crippen LogP contribution in [0.4, 0.5) is 0 Å². The van der Waals surface area contributed by atoms with E-state index in [4.69, 9.17) is 9.15 Å². The van der Waals surface area contributed by atoms with Crippen molar-refractivity contribution >= 4 is 11.1 Å². The van der Waals surface area contributed by atoms with Crippen LogP contribution in [0.15, 0.2) is 51.7 Å². The first kappa shape index (κ1) is 13.5. The molecule has 4 heteroatoms. The van der Waals surface area contributed by atoms with Crippen LogP contribution in [0.5, 0.6) is 5.75 Å². The van der Waals surface area contributed by atoms with Crippen LogP contribution >= 0.6 is 0 Å².